The first-order valence-corrected chi connectivity index (χ1v) is 7.70. The molecule has 2 atom stereocenters. The Morgan fingerprint density at radius 3 is 2.74 bits per heavy atom. The fourth-order valence-electron chi connectivity index (χ4n) is 2.54. The first-order chi connectivity index (χ1) is 11.0. The third-order valence-corrected chi connectivity index (χ3v) is 4.24. The molecule has 6 heteroatoms. The molecule has 1 aliphatic carbocycles. The Bertz CT molecular complexity index is 740. The monoisotopic (exact) mass is 332 g/mol. The van der Waals surface area contributed by atoms with Crippen molar-refractivity contribution in [1.82, 2.24) is 4.90 Å². The van der Waals surface area contributed by atoms with Crippen LogP contribution in [0.5, 0.6) is 0 Å². The zero-order valence-corrected chi connectivity index (χ0v) is 13.6. The maximum Gasteiger partial charge on any atom is 0.253 e. The highest BCUT2D eigenvalue weighted by Crippen LogP contribution is 2.48. The summed E-state index contributed by atoms with van der Waals surface area (Å²) in [5.74, 6) is 0.577. The normalized spacial score (nSPS) is 19.3. The predicted molar refractivity (Wildman–Crippen MR) is 87.7 cm³/mol. The number of hydrogen-bond donors (Lipinski definition) is 1. The van der Waals surface area contributed by atoms with Crippen LogP contribution in [0.2, 0.25) is 5.02 Å². The summed E-state index contributed by atoms with van der Waals surface area (Å²) in [4.78, 5) is 25.8. The van der Waals surface area contributed by atoms with E-state index in [0.717, 1.165) is 12.2 Å². The summed E-state index contributed by atoms with van der Waals surface area (Å²) in [6, 6.07) is 8.55. The van der Waals surface area contributed by atoms with Crippen LogP contribution in [0.4, 0.5) is 5.69 Å². The van der Waals surface area contributed by atoms with E-state index in [1.165, 1.54) is 4.90 Å². The van der Waals surface area contributed by atoms with Crippen molar-refractivity contribution < 1.29 is 14.0 Å². The van der Waals surface area contributed by atoms with Gasteiger partial charge in [-0.3, -0.25) is 9.59 Å². The molecular formula is C17H17ClN2O3. The highest BCUT2D eigenvalue weighted by atomic mass is 35.5. The third kappa shape index (κ3) is 3.24. The van der Waals surface area contributed by atoms with Gasteiger partial charge in [0.05, 0.1) is 17.0 Å². The lowest BCUT2D eigenvalue weighted by atomic mass is 10.1. The first kappa shape index (κ1) is 15.6. The number of hydrogen-bond acceptors (Lipinski definition) is 3. The van der Waals surface area contributed by atoms with E-state index in [1.807, 2.05) is 12.1 Å². The van der Waals surface area contributed by atoms with E-state index in [9.17, 15) is 9.59 Å². The molecule has 23 heavy (non-hydrogen) atoms. The van der Waals surface area contributed by atoms with Crippen LogP contribution >= 0.6 is 11.6 Å². The molecule has 1 N–H and O–H groups in total. The molecule has 2 amide bonds. The minimum Gasteiger partial charge on any atom is -0.469 e. The molecule has 1 aromatic heterocycles. The zero-order valence-electron chi connectivity index (χ0n) is 12.9. The average Bonchev–Trinajstić information content (AvgIpc) is 3.14. The SMILES string of the molecule is CN(C)C(=O)c1ccc(Cl)c(NC(=O)[C@H]2C[C@@H]2c2ccco2)c1. The van der Waals surface area contributed by atoms with Crippen LogP contribution in [0.15, 0.2) is 41.0 Å². The average molecular weight is 333 g/mol. The number of nitrogens with zero attached hydrogens (tertiary/aromatic N) is 1. The Labute approximate surface area is 139 Å². The second-order valence-corrected chi connectivity index (χ2v) is 6.25. The van der Waals surface area contributed by atoms with Crippen LogP contribution in [-0.4, -0.2) is 30.8 Å². The number of furan rings is 1. The second-order valence-electron chi connectivity index (χ2n) is 5.85. The second kappa shape index (κ2) is 6.08. The Morgan fingerprint density at radius 1 is 1.30 bits per heavy atom. The van der Waals surface area contributed by atoms with E-state index in [4.69, 9.17) is 16.0 Å². The summed E-state index contributed by atoms with van der Waals surface area (Å²) >= 11 is 6.13. The van der Waals surface area contributed by atoms with Gasteiger partial charge in [-0.15, -0.1) is 0 Å². The molecule has 120 valence electrons. The fourth-order valence-corrected chi connectivity index (χ4v) is 2.70. The maximum absolute atomic E-state index is 12.3. The Morgan fingerprint density at radius 2 is 2.09 bits per heavy atom. The minimum atomic E-state index is -0.142. The van der Waals surface area contributed by atoms with E-state index in [0.29, 0.717) is 16.3 Å². The van der Waals surface area contributed by atoms with Gasteiger partial charge in [0.25, 0.3) is 5.91 Å². The quantitative estimate of drug-likeness (QED) is 0.933. The number of carbonyl (C=O) groups is 2. The van der Waals surface area contributed by atoms with Gasteiger partial charge in [-0.05, 0) is 36.8 Å². The van der Waals surface area contributed by atoms with Gasteiger partial charge < -0.3 is 14.6 Å². The molecule has 0 saturated heterocycles. The van der Waals surface area contributed by atoms with Gasteiger partial charge >= 0.3 is 0 Å². The van der Waals surface area contributed by atoms with Crippen LogP contribution < -0.4 is 5.32 Å². The number of rotatable bonds is 4. The molecule has 0 radical (unpaired) electrons. The van der Waals surface area contributed by atoms with Crippen LogP contribution in [0.1, 0.15) is 28.5 Å². The molecule has 1 aliphatic rings. The summed E-state index contributed by atoms with van der Waals surface area (Å²) in [6.45, 7) is 0. The molecule has 0 bridgehead atoms. The lowest BCUT2D eigenvalue weighted by Crippen LogP contribution is -2.22. The highest BCUT2D eigenvalue weighted by molar-refractivity contribution is 6.34. The Hall–Kier alpha value is -2.27. The van der Waals surface area contributed by atoms with E-state index in [2.05, 4.69) is 5.32 Å². The number of nitrogens with one attached hydrogen (secondary N) is 1. The molecule has 1 heterocycles. The van der Waals surface area contributed by atoms with Crippen molar-refractivity contribution in [3.05, 3.63) is 52.9 Å². The van der Waals surface area contributed by atoms with Crippen molar-refractivity contribution in [3.63, 3.8) is 0 Å². The molecule has 3 rings (SSSR count). The van der Waals surface area contributed by atoms with Crippen LogP contribution in [-0.2, 0) is 4.79 Å². The summed E-state index contributed by atoms with van der Waals surface area (Å²) in [5, 5.41) is 3.22. The standard InChI is InChI=1S/C17H17ClN2O3/c1-20(2)17(22)10-5-6-13(18)14(8-10)19-16(21)12-9-11(12)15-4-3-7-23-15/h3-8,11-12H,9H2,1-2H3,(H,19,21)/t11-,12-/m0/s1. The summed E-state index contributed by atoms with van der Waals surface area (Å²) in [5.41, 5.74) is 0.933. The topological polar surface area (TPSA) is 62.6 Å². The zero-order chi connectivity index (χ0) is 16.6. The van der Waals surface area contributed by atoms with Gasteiger partial charge in [-0.2, -0.15) is 0 Å². The first-order valence-electron chi connectivity index (χ1n) is 7.33. The lowest BCUT2D eigenvalue weighted by molar-refractivity contribution is -0.117. The van der Waals surface area contributed by atoms with Gasteiger partial charge in [0.15, 0.2) is 0 Å². The molecular weight excluding hydrogens is 316 g/mol. The van der Waals surface area contributed by atoms with Gasteiger partial charge in [0.2, 0.25) is 5.91 Å². The van der Waals surface area contributed by atoms with Crippen molar-refractivity contribution in [3.8, 4) is 0 Å². The summed E-state index contributed by atoms with van der Waals surface area (Å²) < 4.78 is 5.33. The largest absolute Gasteiger partial charge is 0.469 e. The predicted octanol–water partition coefficient (Wildman–Crippen LogP) is 3.38. The Balaban J connectivity index is 1.71. The van der Waals surface area contributed by atoms with Crippen molar-refractivity contribution in [2.75, 3.05) is 19.4 Å². The van der Waals surface area contributed by atoms with Crippen molar-refractivity contribution in [1.29, 1.82) is 0 Å². The molecule has 0 spiro atoms. The molecule has 1 fully saturated rings. The van der Waals surface area contributed by atoms with Crippen LogP contribution in [0.3, 0.4) is 0 Å². The maximum atomic E-state index is 12.3. The van der Waals surface area contributed by atoms with Gasteiger partial charge in [0.1, 0.15) is 5.76 Å². The number of amides is 2. The Kier molecular flexibility index (Phi) is 4.13. The number of benzene rings is 1. The van der Waals surface area contributed by atoms with E-state index >= 15 is 0 Å². The lowest BCUT2D eigenvalue weighted by Gasteiger charge is -2.13. The van der Waals surface area contributed by atoms with Gasteiger partial charge in [0, 0.05) is 31.5 Å². The summed E-state index contributed by atoms with van der Waals surface area (Å²) in [7, 11) is 3.35. The fraction of sp³-hybridized carbons (Fsp3) is 0.294. The number of halogens is 1. The van der Waals surface area contributed by atoms with E-state index in [1.54, 1.807) is 38.6 Å². The minimum absolute atomic E-state index is 0.109. The number of anilines is 1. The third-order valence-electron chi connectivity index (χ3n) is 3.91. The van der Waals surface area contributed by atoms with Gasteiger partial charge in [-0.25, -0.2) is 0 Å². The van der Waals surface area contributed by atoms with Crippen molar-refractivity contribution >= 4 is 29.1 Å². The molecule has 1 saturated carbocycles. The molecule has 1 aromatic carbocycles. The smallest absolute Gasteiger partial charge is 0.253 e. The summed E-state index contributed by atoms with van der Waals surface area (Å²) in [6.07, 6.45) is 2.36. The van der Waals surface area contributed by atoms with Gasteiger partial charge in [-0.1, -0.05) is 11.6 Å². The highest BCUT2D eigenvalue weighted by Gasteiger charge is 2.45. The van der Waals surface area contributed by atoms with Crippen molar-refractivity contribution in [2.24, 2.45) is 5.92 Å². The number of carbonyl (C=O) groups excluding carboxylic acids is 2. The molecule has 2 aromatic rings. The van der Waals surface area contributed by atoms with Crippen LogP contribution in [0, 0.1) is 5.92 Å². The van der Waals surface area contributed by atoms with E-state index in [-0.39, 0.29) is 23.7 Å². The van der Waals surface area contributed by atoms with Crippen LogP contribution in [0.25, 0.3) is 0 Å². The molecule has 0 aliphatic heterocycles. The molecule has 5 nitrogen and oxygen atoms in total. The van der Waals surface area contributed by atoms with E-state index < -0.39 is 0 Å². The molecule has 0 unspecified atom stereocenters. The van der Waals surface area contributed by atoms with Crippen molar-refractivity contribution in [2.45, 2.75) is 12.3 Å².